The molecule has 1 aromatic rings. The van der Waals surface area contributed by atoms with Crippen molar-refractivity contribution in [3.63, 3.8) is 0 Å². The van der Waals surface area contributed by atoms with Crippen LogP contribution in [0.5, 0.6) is 0 Å². The number of H-pyrrole nitrogens is 1. The van der Waals surface area contributed by atoms with E-state index in [1.54, 1.807) is 13.1 Å². The van der Waals surface area contributed by atoms with Gasteiger partial charge in [0.25, 0.3) is 5.56 Å². The Hall–Kier alpha value is -1.85. The summed E-state index contributed by atoms with van der Waals surface area (Å²) in [5, 5.41) is 0. The number of ether oxygens (including phenoxy) is 1. The quantitative estimate of drug-likeness (QED) is 0.481. The van der Waals surface area contributed by atoms with Crippen LogP contribution in [0.3, 0.4) is 0 Å². The van der Waals surface area contributed by atoms with Gasteiger partial charge in [-0.15, -0.1) is 0 Å². The van der Waals surface area contributed by atoms with Crippen LogP contribution in [-0.4, -0.2) is 22.1 Å². The van der Waals surface area contributed by atoms with Gasteiger partial charge < -0.3 is 9.30 Å². The van der Waals surface area contributed by atoms with E-state index < -0.39 is 0 Å². The lowest BCUT2D eigenvalue weighted by molar-refractivity contribution is -0.151. The van der Waals surface area contributed by atoms with Gasteiger partial charge in [0.05, 0.1) is 12.5 Å². The van der Waals surface area contributed by atoms with E-state index in [2.05, 4.69) is 32.7 Å². The molecule has 0 spiro atoms. The first kappa shape index (κ1) is 22.2. The molecule has 148 valence electrons. The molecule has 0 bridgehead atoms. The highest BCUT2D eigenvalue weighted by atomic mass is 16.5. The largest absolute Gasteiger partial charge is 0.465 e. The summed E-state index contributed by atoms with van der Waals surface area (Å²) in [7, 11) is 0. The Labute approximate surface area is 156 Å². The van der Waals surface area contributed by atoms with Crippen LogP contribution in [0, 0.1) is 24.7 Å². The first-order chi connectivity index (χ1) is 12.2. The number of aromatic nitrogens is 2. The number of carbonyl (C=O) groups excluding carboxylic acids is 1. The number of aryl methyl sites for hydroxylation is 2. The number of hydrogen-bond acceptors (Lipinski definition) is 4. The predicted molar refractivity (Wildman–Crippen MR) is 103 cm³/mol. The Morgan fingerprint density at radius 1 is 1.12 bits per heavy atom. The molecule has 1 heterocycles. The molecule has 0 radical (unpaired) electrons. The van der Waals surface area contributed by atoms with Crippen molar-refractivity contribution in [1.29, 1.82) is 0 Å². The maximum Gasteiger partial charge on any atom is 0.328 e. The van der Waals surface area contributed by atoms with Crippen LogP contribution in [-0.2, 0) is 16.1 Å². The van der Waals surface area contributed by atoms with Gasteiger partial charge in [-0.2, -0.15) is 0 Å². The van der Waals surface area contributed by atoms with Gasteiger partial charge in [-0.25, -0.2) is 4.79 Å². The van der Waals surface area contributed by atoms with Gasteiger partial charge in [0, 0.05) is 18.3 Å². The molecular weight excluding hydrogens is 332 g/mol. The zero-order valence-corrected chi connectivity index (χ0v) is 16.8. The molecule has 6 heteroatoms. The molecule has 26 heavy (non-hydrogen) atoms. The summed E-state index contributed by atoms with van der Waals surface area (Å²) in [6, 6.07) is 0. The van der Waals surface area contributed by atoms with Crippen LogP contribution in [0.25, 0.3) is 0 Å². The highest BCUT2D eigenvalue weighted by Gasteiger charge is 2.24. The molecule has 0 aromatic carbocycles. The maximum atomic E-state index is 12.2. The van der Waals surface area contributed by atoms with Gasteiger partial charge in [0.15, 0.2) is 0 Å². The third-order valence-corrected chi connectivity index (χ3v) is 4.56. The van der Waals surface area contributed by atoms with Crippen molar-refractivity contribution in [2.45, 2.75) is 73.3 Å². The summed E-state index contributed by atoms with van der Waals surface area (Å²) in [4.78, 5) is 37.5. The topological polar surface area (TPSA) is 81.2 Å². The number of esters is 1. The summed E-state index contributed by atoms with van der Waals surface area (Å²) in [6.45, 7) is 11.1. The second kappa shape index (κ2) is 11.0. The number of hydrogen-bond donors (Lipinski definition) is 1. The first-order valence-electron chi connectivity index (χ1n) is 9.69. The smallest absolute Gasteiger partial charge is 0.328 e. The minimum atomic E-state index is -0.362. The van der Waals surface area contributed by atoms with E-state index >= 15 is 0 Å². The van der Waals surface area contributed by atoms with E-state index in [0.717, 1.165) is 32.1 Å². The summed E-state index contributed by atoms with van der Waals surface area (Å²) in [5.41, 5.74) is -0.151. The fourth-order valence-electron chi connectivity index (χ4n) is 2.95. The van der Waals surface area contributed by atoms with E-state index in [4.69, 9.17) is 4.74 Å². The van der Waals surface area contributed by atoms with Gasteiger partial charge in [-0.05, 0) is 44.4 Å². The Bertz CT molecular complexity index is 673. The Balaban J connectivity index is 2.25. The average Bonchev–Trinajstić information content (AvgIpc) is 2.55. The lowest BCUT2D eigenvalue weighted by Gasteiger charge is -2.21. The summed E-state index contributed by atoms with van der Waals surface area (Å²) in [5.74, 6) is 0.674. The van der Waals surface area contributed by atoms with Gasteiger partial charge >= 0.3 is 11.7 Å². The predicted octanol–water partition coefficient (Wildman–Crippen LogP) is 3.27. The Kier molecular flexibility index (Phi) is 9.38. The fraction of sp³-hybridized carbons (Fsp3) is 0.750. The molecule has 0 aliphatic rings. The van der Waals surface area contributed by atoms with Gasteiger partial charge in [-0.3, -0.25) is 14.6 Å². The fourth-order valence-corrected chi connectivity index (χ4v) is 2.95. The average molecular weight is 367 g/mol. The standard InChI is InChI=1S/C20H34N2O4/c1-14(2)12-17(15(3)4)19(24)26-11-9-7-6-8-10-22-13-16(5)18(23)21-20(22)25/h13-15,17H,6-12H2,1-5H3,(H,21,23,25). The maximum absolute atomic E-state index is 12.2. The van der Waals surface area contributed by atoms with Gasteiger partial charge in [-0.1, -0.05) is 34.1 Å². The molecule has 1 unspecified atom stereocenters. The molecule has 0 amide bonds. The highest BCUT2D eigenvalue weighted by Crippen LogP contribution is 2.21. The van der Waals surface area contributed by atoms with Crippen LogP contribution in [0.15, 0.2) is 15.8 Å². The third-order valence-electron chi connectivity index (χ3n) is 4.56. The number of unbranched alkanes of at least 4 members (excludes halogenated alkanes) is 3. The molecule has 0 saturated heterocycles. The van der Waals surface area contributed by atoms with E-state index in [1.807, 2.05) is 0 Å². The highest BCUT2D eigenvalue weighted by molar-refractivity contribution is 5.72. The summed E-state index contributed by atoms with van der Waals surface area (Å²) in [6.07, 6.45) is 6.04. The van der Waals surface area contributed by atoms with Gasteiger partial charge in [0.2, 0.25) is 0 Å². The zero-order valence-electron chi connectivity index (χ0n) is 16.8. The van der Waals surface area contributed by atoms with Crippen molar-refractivity contribution in [3.8, 4) is 0 Å². The second-order valence-corrected chi connectivity index (χ2v) is 7.83. The molecule has 1 rings (SSSR count). The second-order valence-electron chi connectivity index (χ2n) is 7.83. The van der Waals surface area contributed by atoms with Crippen LogP contribution < -0.4 is 11.2 Å². The van der Waals surface area contributed by atoms with Crippen molar-refractivity contribution >= 4 is 5.97 Å². The summed E-state index contributed by atoms with van der Waals surface area (Å²) >= 11 is 0. The molecule has 0 fully saturated rings. The van der Waals surface area contributed by atoms with E-state index in [0.29, 0.717) is 30.6 Å². The van der Waals surface area contributed by atoms with Crippen LogP contribution >= 0.6 is 0 Å². The number of carbonyl (C=O) groups is 1. The van der Waals surface area contributed by atoms with E-state index in [-0.39, 0.29) is 23.1 Å². The molecule has 6 nitrogen and oxygen atoms in total. The molecule has 1 N–H and O–H groups in total. The van der Waals surface area contributed by atoms with E-state index in [9.17, 15) is 14.4 Å². The Morgan fingerprint density at radius 2 is 1.77 bits per heavy atom. The summed E-state index contributed by atoms with van der Waals surface area (Å²) < 4.78 is 6.98. The van der Waals surface area contributed by atoms with Crippen LogP contribution in [0.1, 0.15) is 65.4 Å². The molecule has 0 saturated carbocycles. The Morgan fingerprint density at radius 3 is 2.38 bits per heavy atom. The monoisotopic (exact) mass is 366 g/mol. The lowest BCUT2D eigenvalue weighted by Crippen LogP contribution is -2.30. The number of nitrogens with zero attached hydrogens (tertiary/aromatic N) is 1. The SMILES string of the molecule is Cc1cn(CCCCCCOC(=O)C(CC(C)C)C(C)C)c(=O)[nH]c1=O. The van der Waals surface area contributed by atoms with Crippen molar-refractivity contribution in [2.24, 2.45) is 17.8 Å². The number of aromatic amines is 1. The van der Waals surface area contributed by atoms with Crippen molar-refractivity contribution in [2.75, 3.05) is 6.61 Å². The van der Waals surface area contributed by atoms with Gasteiger partial charge in [0.1, 0.15) is 0 Å². The lowest BCUT2D eigenvalue weighted by atomic mass is 9.88. The number of nitrogens with one attached hydrogen (secondary N) is 1. The molecule has 1 atom stereocenters. The molecule has 1 aromatic heterocycles. The normalized spacial score (nSPS) is 12.6. The number of rotatable bonds is 11. The van der Waals surface area contributed by atoms with Crippen molar-refractivity contribution in [3.05, 3.63) is 32.6 Å². The third kappa shape index (κ3) is 7.58. The van der Waals surface area contributed by atoms with Crippen molar-refractivity contribution < 1.29 is 9.53 Å². The molecular formula is C20H34N2O4. The van der Waals surface area contributed by atoms with Crippen LogP contribution in [0.4, 0.5) is 0 Å². The molecule has 0 aliphatic carbocycles. The van der Waals surface area contributed by atoms with Crippen molar-refractivity contribution in [1.82, 2.24) is 9.55 Å². The minimum Gasteiger partial charge on any atom is -0.465 e. The zero-order chi connectivity index (χ0) is 19.7. The van der Waals surface area contributed by atoms with Crippen LogP contribution in [0.2, 0.25) is 0 Å². The molecule has 0 aliphatic heterocycles. The first-order valence-corrected chi connectivity index (χ1v) is 9.69. The minimum absolute atomic E-state index is 0.0228. The van der Waals surface area contributed by atoms with E-state index in [1.165, 1.54) is 4.57 Å².